The maximum Gasteiger partial charge on any atom is 0.328 e. The highest BCUT2D eigenvalue weighted by Crippen LogP contribution is 2.63. The van der Waals surface area contributed by atoms with Gasteiger partial charge < -0.3 is 4.74 Å². The molecule has 21 heavy (non-hydrogen) atoms. The number of ether oxygens (including phenoxy) is 1. The molecule has 0 saturated heterocycles. The summed E-state index contributed by atoms with van der Waals surface area (Å²) in [5, 5.41) is 8.47. The highest BCUT2D eigenvalue weighted by atomic mass is 32.2. The van der Waals surface area contributed by atoms with E-state index in [9.17, 15) is 18.5 Å². The summed E-state index contributed by atoms with van der Waals surface area (Å²) >= 11 is 0. The minimum absolute atomic E-state index is 0.107. The highest BCUT2D eigenvalue weighted by Gasteiger charge is 2.77. The Hall–Kier alpha value is -1.87. The summed E-state index contributed by atoms with van der Waals surface area (Å²) in [6.45, 7) is 3.26. The molecule has 112 valence electrons. The van der Waals surface area contributed by atoms with Crippen LogP contribution in [-0.2, 0) is 19.4 Å². The van der Waals surface area contributed by atoms with E-state index in [0.717, 1.165) is 0 Å². The fourth-order valence-electron chi connectivity index (χ4n) is 2.80. The quantitative estimate of drug-likeness (QED) is 0.772. The highest BCUT2D eigenvalue weighted by molar-refractivity contribution is 7.92. The van der Waals surface area contributed by atoms with Crippen molar-refractivity contribution in [2.75, 3.05) is 12.4 Å². The van der Waals surface area contributed by atoms with Gasteiger partial charge in [0.2, 0.25) is 0 Å². The Kier molecular flexibility index (Phi) is 4.06. The molecule has 0 aromatic heterocycles. The molecule has 6 heteroatoms. The average molecular weight is 307 g/mol. The van der Waals surface area contributed by atoms with Crippen molar-refractivity contribution < 1.29 is 17.9 Å². The van der Waals surface area contributed by atoms with Crippen LogP contribution in [0, 0.1) is 16.7 Å². The molecule has 0 bridgehead atoms. The molecule has 3 atom stereocenters. The second-order valence-electron chi connectivity index (χ2n) is 4.96. The Balaban J connectivity index is 2.52. The van der Waals surface area contributed by atoms with E-state index in [1.54, 1.807) is 37.3 Å². The molecular weight excluding hydrogens is 290 g/mol. The molecule has 0 aliphatic heterocycles. The fourth-order valence-corrected chi connectivity index (χ4v) is 4.73. The number of benzene rings is 1. The van der Waals surface area contributed by atoms with Gasteiger partial charge in [-0.3, -0.25) is 4.79 Å². The van der Waals surface area contributed by atoms with Crippen molar-refractivity contribution in [2.45, 2.75) is 25.0 Å². The Bertz CT molecular complexity index is 677. The molecule has 0 N–H and O–H groups in total. The minimum atomic E-state index is -3.53. The Morgan fingerprint density at radius 2 is 1.95 bits per heavy atom. The standard InChI is InChI=1S/C15H17NO4S/c1-3-20-14(17)15(10-16)12(11-8-6-5-7-9-11)13(15)21(18,19)4-2/h5-9,12-13H,3-4H2,1-2H3/t12-,13-,15+/m0/s1. The molecule has 0 spiro atoms. The molecule has 2 rings (SSSR count). The predicted molar refractivity (Wildman–Crippen MR) is 77.1 cm³/mol. The molecule has 1 saturated carbocycles. The second kappa shape index (κ2) is 5.49. The smallest absolute Gasteiger partial charge is 0.328 e. The van der Waals surface area contributed by atoms with Crippen molar-refractivity contribution in [3.8, 4) is 6.07 Å². The lowest BCUT2D eigenvalue weighted by Crippen LogP contribution is -2.26. The van der Waals surface area contributed by atoms with Crippen molar-refractivity contribution in [3.63, 3.8) is 0 Å². The summed E-state index contributed by atoms with van der Waals surface area (Å²) in [4.78, 5) is 12.2. The third-order valence-electron chi connectivity index (χ3n) is 3.88. The summed E-state index contributed by atoms with van der Waals surface area (Å²) in [5.74, 6) is -1.51. The Morgan fingerprint density at radius 3 is 2.43 bits per heavy atom. The number of esters is 1. The lowest BCUT2D eigenvalue weighted by atomic mass is 10.0. The van der Waals surface area contributed by atoms with Crippen LogP contribution >= 0.6 is 0 Å². The van der Waals surface area contributed by atoms with Crippen molar-refractivity contribution in [2.24, 2.45) is 5.41 Å². The number of carbonyl (C=O) groups excluding carboxylic acids is 1. The van der Waals surface area contributed by atoms with Crippen LogP contribution in [0.5, 0.6) is 0 Å². The summed E-state index contributed by atoms with van der Waals surface area (Å²) in [6.07, 6.45) is 0. The van der Waals surface area contributed by atoms with Crippen molar-refractivity contribution >= 4 is 15.8 Å². The molecule has 0 heterocycles. The SMILES string of the molecule is CCOC(=O)[C@]1(C#N)[C@@H](c2ccccc2)[C@@H]1S(=O)(=O)CC. The molecule has 5 nitrogen and oxygen atoms in total. The summed E-state index contributed by atoms with van der Waals surface area (Å²) in [7, 11) is -3.53. The summed E-state index contributed by atoms with van der Waals surface area (Å²) in [5.41, 5.74) is -0.944. The molecule has 1 aromatic carbocycles. The third kappa shape index (κ3) is 2.32. The van der Waals surface area contributed by atoms with E-state index < -0.39 is 32.4 Å². The molecule has 1 aliphatic rings. The molecule has 0 radical (unpaired) electrons. The van der Waals surface area contributed by atoms with Gasteiger partial charge in [0.05, 0.1) is 12.7 Å². The van der Waals surface area contributed by atoms with Gasteiger partial charge in [-0.05, 0) is 12.5 Å². The zero-order chi connectivity index (χ0) is 15.7. The Morgan fingerprint density at radius 1 is 1.33 bits per heavy atom. The van der Waals surface area contributed by atoms with E-state index in [1.807, 2.05) is 6.07 Å². The van der Waals surface area contributed by atoms with Gasteiger partial charge in [0.15, 0.2) is 15.3 Å². The van der Waals surface area contributed by atoms with Gasteiger partial charge in [-0.25, -0.2) is 8.42 Å². The van der Waals surface area contributed by atoms with Crippen molar-refractivity contribution in [1.29, 1.82) is 5.26 Å². The molecule has 1 aliphatic carbocycles. The van der Waals surface area contributed by atoms with E-state index in [0.29, 0.717) is 5.56 Å². The summed E-state index contributed by atoms with van der Waals surface area (Å²) in [6, 6.07) is 10.7. The number of carbonyl (C=O) groups is 1. The van der Waals surface area contributed by atoms with Gasteiger partial charge in [0, 0.05) is 11.7 Å². The number of rotatable bonds is 5. The van der Waals surface area contributed by atoms with E-state index >= 15 is 0 Å². The third-order valence-corrected chi connectivity index (χ3v) is 6.10. The molecular formula is C15H17NO4S. The molecule has 0 amide bonds. The van der Waals surface area contributed by atoms with Crippen LogP contribution in [0.1, 0.15) is 25.3 Å². The number of nitriles is 1. The van der Waals surface area contributed by atoms with Crippen LogP contribution in [0.4, 0.5) is 0 Å². The zero-order valence-electron chi connectivity index (χ0n) is 11.9. The molecule has 0 unspecified atom stereocenters. The van der Waals surface area contributed by atoms with Crippen LogP contribution < -0.4 is 0 Å². The first kappa shape index (κ1) is 15.5. The van der Waals surface area contributed by atoms with E-state index in [-0.39, 0.29) is 12.4 Å². The maximum atomic E-state index is 12.3. The average Bonchev–Trinajstić information content (AvgIpc) is 3.20. The Labute approximate surface area is 124 Å². The van der Waals surface area contributed by atoms with Gasteiger partial charge in [-0.15, -0.1) is 0 Å². The number of hydrogen-bond acceptors (Lipinski definition) is 5. The van der Waals surface area contributed by atoms with Crippen LogP contribution in [-0.4, -0.2) is 32.0 Å². The normalized spacial score (nSPS) is 27.7. The minimum Gasteiger partial charge on any atom is -0.465 e. The van der Waals surface area contributed by atoms with Crippen LogP contribution in [0.3, 0.4) is 0 Å². The topological polar surface area (TPSA) is 84.2 Å². The van der Waals surface area contributed by atoms with Gasteiger partial charge in [0.25, 0.3) is 0 Å². The number of sulfone groups is 1. The first-order valence-corrected chi connectivity index (χ1v) is 8.52. The number of hydrogen-bond donors (Lipinski definition) is 0. The largest absolute Gasteiger partial charge is 0.465 e. The first-order chi connectivity index (χ1) is 9.95. The lowest BCUT2D eigenvalue weighted by Gasteiger charge is -2.08. The molecule has 1 aromatic rings. The van der Waals surface area contributed by atoms with Crippen LogP contribution in [0.2, 0.25) is 0 Å². The number of nitrogens with zero attached hydrogens (tertiary/aromatic N) is 1. The van der Waals surface area contributed by atoms with Gasteiger partial charge >= 0.3 is 5.97 Å². The lowest BCUT2D eigenvalue weighted by molar-refractivity contribution is -0.147. The summed E-state index contributed by atoms with van der Waals surface area (Å²) < 4.78 is 29.5. The van der Waals surface area contributed by atoms with Gasteiger partial charge in [-0.1, -0.05) is 37.3 Å². The van der Waals surface area contributed by atoms with E-state index in [2.05, 4.69) is 0 Å². The fraction of sp³-hybridized carbons (Fsp3) is 0.467. The molecule has 1 fully saturated rings. The van der Waals surface area contributed by atoms with Crippen LogP contribution in [0.25, 0.3) is 0 Å². The van der Waals surface area contributed by atoms with Gasteiger partial charge in [0.1, 0.15) is 5.25 Å². The van der Waals surface area contributed by atoms with Crippen molar-refractivity contribution in [3.05, 3.63) is 35.9 Å². The monoisotopic (exact) mass is 307 g/mol. The van der Waals surface area contributed by atoms with E-state index in [1.165, 1.54) is 6.92 Å². The van der Waals surface area contributed by atoms with E-state index in [4.69, 9.17) is 4.74 Å². The van der Waals surface area contributed by atoms with Gasteiger partial charge in [-0.2, -0.15) is 5.26 Å². The predicted octanol–water partition coefficient (Wildman–Crippen LogP) is 1.66. The second-order valence-corrected chi connectivity index (χ2v) is 7.37. The van der Waals surface area contributed by atoms with Crippen LogP contribution in [0.15, 0.2) is 30.3 Å². The maximum absolute atomic E-state index is 12.3. The first-order valence-electron chi connectivity index (χ1n) is 6.80. The zero-order valence-corrected chi connectivity index (χ0v) is 12.8. The van der Waals surface area contributed by atoms with Crippen molar-refractivity contribution in [1.82, 2.24) is 0 Å².